The summed E-state index contributed by atoms with van der Waals surface area (Å²) in [7, 11) is 1.24. The second-order valence-electron chi connectivity index (χ2n) is 6.13. The molecule has 0 saturated carbocycles. The number of hydrogen-bond acceptors (Lipinski definition) is 7. The van der Waals surface area contributed by atoms with Crippen LogP contribution < -0.4 is 4.90 Å². The zero-order valence-electron chi connectivity index (χ0n) is 15.3. The number of thiophene rings is 1. The zero-order chi connectivity index (χ0) is 20.6. The van der Waals surface area contributed by atoms with E-state index in [0.717, 1.165) is 21.5 Å². The van der Waals surface area contributed by atoms with Crippen molar-refractivity contribution in [1.82, 2.24) is 0 Å². The number of nitrogens with zero attached hydrogens (tertiary/aromatic N) is 1. The van der Waals surface area contributed by atoms with E-state index < -0.39 is 29.0 Å². The topological polar surface area (TPSA) is 101 Å². The van der Waals surface area contributed by atoms with Gasteiger partial charge in [0.15, 0.2) is 0 Å². The Balaban J connectivity index is 1.95. The van der Waals surface area contributed by atoms with E-state index in [1.807, 2.05) is 0 Å². The third-order valence-electron chi connectivity index (χ3n) is 4.45. The molecule has 0 aliphatic carbocycles. The van der Waals surface area contributed by atoms with Crippen LogP contribution in [0.1, 0.15) is 37.6 Å². The van der Waals surface area contributed by atoms with E-state index in [0.29, 0.717) is 10.5 Å². The van der Waals surface area contributed by atoms with Gasteiger partial charge < -0.3 is 9.84 Å². The molecule has 3 rings (SSSR count). The second kappa shape index (κ2) is 7.76. The first-order valence-electron chi connectivity index (χ1n) is 8.30. The fourth-order valence-electron chi connectivity index (χ4n) is 2.92. The Labute approximate surface area is 169 Å². The van der Waals surface area contributed by atoms with Crippen molar-refractivity contribution in [2.45, 2.75) is 30.4 Å². The van der Waals surface area contributed by atoms with Gasteiger partial charge >= 0.3 is 11.9 Å². The van der Waals surface area contributed by atoms with Gasteiger partial charge in [-0.3, -0.25) is 9.59 Å². The molecule has 7 nitrogen and oxygen atoms in total. The summed E-state index contributed by atoms with van der Waals surface area (Å²) in [5, 5.41) is 8.81. The van der Waals surface area contributed by atoms with Crippen molar-refractivity contribution in [3.63, 3.8) is 0 Å². The van der Waals surface area contributed by atoms with Crippen LogP contribution in [0.3, 0.4) is 0 Å². The molecule has 0 spiro atoms. The van der Waals surface area contributed by atoms with Gasteiger partial charge in [0.2, 0.25) is 11.8 Å². The Morgan fingerprint density at radius 1 is 1.25 bits per heavy atom. The minimum Gasteiger partial charge on any atom is -0.478 e. The minimum atomic E-state index is -1.10. The van der Waals surface area contributed by atoms with Gasteiger partial charge in [0.25, 0.3) is 0 Å². The van der Waals surface area contributed by atoms with Crippen molar-refractivity contribution in [2.75, 3.05) is 12.0 Å². The number of anilines is 1. The van der Waals surface area contributed by atoms with E-state index in [1.165, 1.54) is 24.5 Å². The summed E-state index contributed by atoms with van der Waals surface area (Å²) < 4.78 is 4.81. The number of esters is 1. The summed E-state index contributed by atoms with van der Waals surface area (Å²) in [5.74, 6) is -2.61. The molecule has 28 heavy (non-hydrogen) atoms. The number of imide groups is 1. The highest BCUT2D eigenvalue weighted by Gasteiger charge is 2.43. The number of benzene rings is 1. The van der Waals surface area contributed by atoms with E-state index in [1.54, 1.807) is 32.0 Å². The number of methoxy groups -OCH3 is 1. The average molecular weight is 419 g/mol. The molecule has 1 atom stereocenters. The van der Waals surface area contributed by atoms with Crippen LogP contribution in [0.15, 0.2) is 29.2 Å². The molecule has 9 heteroatoms. The van der Waals surface area contributed by atoms with Gasteiger partial charge in [0.05, 0.1) is 23.5 Å². The summed E-state index contributed by atoms with van der Waals surface area (Å²) in [4.78, 5) is 51.4. The van der Waals surface area contributed by atoms with Crippen molar-refractivity contribution in [3.05, 3.63) is 45.8 Å². The van der Waals surface area contributed by atoms with Gasteiger partial charge in [-0.25, -0.2) is 14.5 Å². The molecule has 1 N–H and O–H groups in total. The average Bonchev–Trinajstić information content (AvgIpc) is 3.10. The van der Waals surface area contributed by atoms with Gasteiger partial charge in [-0.05, 0) is 31.5 Å². The molecule has 1 saturated heterocycles. The molecule has 1 aliphatic heterocycles. The van der Waals surface area contributed by atoms with Crippen LogP contribution in [0, 0.1) is 13.8 Å². The Hall–Kier alpha value is -2.65. The number of carbonyl (C=O) groups is 4. The zero-order valence-corrected chi connectivity index (χ0v) is 17.0. The predicted molar refractivity (Wildman–Crippen MR) is 105 cm³/mol. The maximum Gasteiger partial charge on any atom is 0.341 e. The lowest BCUT2D eigenvalue weighted by atomic mass is 10.1. The summed E-state index contributed by atoms with van der Waals surface area (Å²) >= 11 is 2.23. The molecular formula is C19H17NO6S2. The molecule has 1 aromatic carbocycles. The summed E-state index contributed by atoms with van der Waals surface area (Å²) in [5.41, 5.74) is 0.951. The number of amides is 2. The molecule has 1 fully saturated rings. The van der Waals surface area contributed by atoms with Gasteiger partial charge in [-0.2, -0.15) is 0 Å². The van der Waals surface area contributed by atoms with Crippen LogP contribution in [-0.4, -0.2) is 41.2 Å². The normalized spacial score (nSPS) is 16.5. The lowest BCUT2D eigenvalue weighted by Crippen LogP contribution is -2.31. The predicted octanol–water partition coefficient (Wildman–Crippen LogP) is 3.27. The van der Waals surface area contributed by atoms with E-state index >= 15 is 0 Å². The molecule has 0 bridgehead atoms. The Bertz CT molecular complexity index is 996. The highest BCUT2D eigenvalue weighted by molar-refractivity contribution is 8.00. The number of aryl methyl sites for hydroxylation is 1. The lowest BCUT2D eigenvalue weighted by Gasteiger charge is -2.15. The van der Waals surface area contributed by atoms with Crippen molar-refractivity contribution < 1.29 is 29.0 Å². The Morgan fingerprint density at radius 2 is 1.93 bits per heavy atom. The molecule has 0 unspecified atom stereocenters. The SMILES string of the molecule is COC(=O)c1c(N2C(=O)C[C@H](Sc3ccccc3C(=O)O)C2=O)sc(C)c1C. The monoisotopic (exact) mass is 419 g/mol. The van der Waals surface area contributed by atoms with E-state index in [4.69, 9.17) is 4.74 Å². The molecule has 2 aromatic rings. The number of carboxylic acid groups (broad SMARTS) is 1. The maximum absolute atomic E-state index is 13.0. The Kier molecular flexibility index (Phi) is 5.57. The first-order chi connectivity index (χ1) is 13.3. The quantitative estimate of drug-likeness (QED) is 0.586. The number of hydrogen-bond donors (Lipinski definition) is 1. The third kappa shape index (κ3) is 3.43. The maximum atomic E-state index is 13.0. The number of carboxylic acids is 1. The largest absolute Gasteiger partial charge is 0.478 e. The number of aromatic carboxylic acids is 1. The third-order valence-corrected chi connectivity index (χ3v) is 6.91. The van der Waals surface area contributed by atoms with Gasteiger partial charge in [-0.1, -0.05) is 12.1 Å². The fourth-order valence-corrected chi connectivity index (χ4v) is 5.26. The van der Waals surface area contributed by atoms with E-state index in [2.05, 4.69) is 0 Å². The van der Waals surface area contributed by atoms with Crippen LogP contribution in [0.2, 0.25) is 0 Å². The molecular weight excluding hydrogens is 402 g/mol. The van der Waals surface area contributed by atoms with Crippen LogP contribution in [-0.2, 0) is 14.3 Å². The highest BCUT2D eigenvalue weighted by atomic mass is 32.2. The fraction of sp³-hybridized carbons (Fsp3) is 0.263. The van der Waals surface area contributed by atoms with E-state index in [-0.39, 0.29) is 22.5 Å². The van der Waals surface area contributed by atoms with Crippen LogP contribution in [0.5, 0.6) is 0 Å². The standard InChI is InChI=1S/C19H17NO6S2/c1-9-10(2)27-17(15(9)19(25)26-3)20-14(21)8-13(16(20)22)28-12-7-5-4-6-11(12)18(23)24/h4-7,13H,8H2,1-3H3,(H,23,24)/t13-/m0/s1. The summed E-state index contributed by atoms with van der Waals surface area (Å²) in [6.07, 6.45) is -0.0753. The van der Waals surface area contributed by atoms with Crippen molar-refractivity contribution >= 4 is 51.9 Å². The molecule has 2 heterocycles. The highest BCUT2D eigenvalue weighted by Crippen LogP contribution is 2.41. The lowest BCUT2D eigenvalue weighted by molar-refractivity contribution is -0.121. The van der Waals surface area contributed by atoms with Crippen LogP contribution >= 0.6 is 23.1 Å². The summed E-state index contributed by atoms with van der Waals surface area (Å²) in [6, 6.07) is 6.33. The molecule has 0 radical (unpaired) electrons. The number of rotatable bonds is 5. The van der Waals surface area contributed by atoms with E-state index in [9.17, 15) is 24.3 Å². The molecule has 146 valence electrons. The van der Waals surface area contributed by atoms with Crippen molar-refractivity contribution in [1.29, 1.82) is 0 Å². The van der Waals surface area contributed by atoms with Gasteiger partial charge in [-0.15, -0.1) is 23.1 Å². The van der Waals surface area contributed by atoms with Gasteiger partial charge in [0, 0.05) is 16.2 Å². The molecule has 1 aromatic heterocycles. The first kappa shape index (κ1) is 20.1. The first-order valence-corrected chi connectivity index (χ1v) is 10.00. The van der Waals surface area contributed by atoms with Crippen LogP contribution in [0.4, 0.5) is 5.00 Å². The van der Waals surface area contributed by atoms with Crippen LogP contribution in [0.25, 0.3) is 0 Å². The number of thioether (sulfide) groups is 1. The van der Waals surface area contributed by atoms with Crippen molar-refractivity contribution in [3.8, 4) is 0 Å². The number of ether oxygens (including phenoxy) is 1. The molecule has 1 aliphatic rings. The van der Waals surface area contributed by atoms with Crippen molar-refractivity contribution in [2.24, 2.45) is 0 Å². The van der Waals surface area contributed by atoms with Gasteiger partial charge in [0.1, 0.15) is 5.00 Å². The smallest absolute Gasteiger partial charge is 0.341 e. The minimum absolute atomic E-state index is 0.0734. The second-order valence-corrected chi connectivity index (χ2v) is 8.58. The number of carbonyl (C=O) groups excluding carboxylic acids is 3. The molecule has 2 amide bonds. The summed E-state index contributed by atoms with van der Waals surface area (Å²) in [6.45, 7) is 3.54. The Morgan fingerprint density at radius 3 is 2.57 bits per heavy atom.